The van der Waals surface area contributed by atoms with E-state index in [0.717, 1.165) is 0 Å². The van der Waals surface area contributed by atoms with Crippen LogP contribution in [0.2, 0.25) is 18.1 Å². The number of hydrogen-bond donors (Lipinski definition) is 0. The van der Waals surface area contributed by atoms with Crippen LogP contribution in [-0.2, 0) is 0 Å². The van der Waals surface area contributed by atoms with Crippen molar-refractivity contribution in [2.45, 2.75) is 107 Å². The van der Waals surface area contributed by atoms with Crippen LogP contribution in [0.3, 0.4) is 0 Å². The molecule has 0 fully saturated rings. The maximum absolute atomic E-state index is 6.87. The zero-order chi connectivity index (χ0) is 15.6. The minimum atomic E-state index is -0.714. The SMILES string of the molecule is C[SiH](C)C1(C)CCCCCCCC=CCCCCCC1Cl. The zero-order valence-electron chi connectivity index (χ0n) is 14.7. The predicted octanol–water partition coefficient (Wildman–Crippen LogP) is 7.09. The Morgan fingerprint density at radius 2 is 1.38 bits per heavy atom. The molecule has 0 saturated carbocycles. The van der Waals surface area contributed by atoms with Crippen LogP contribution in [0.1, 0.15) is 84.0 Å². The van der Waals surface area contributed by atoms with Crippen LogP contribution in [0.25, 0.3) is 0 Å². The summed E-state index contributed by atoms with van der Waals surface area (Å²) in [4.78, 5) is 0. The molecule has 0 spiro atoms. The van der Waals surface area contributed by atoms with E-state index in [1.54, 1.807) is 0 Å². The van der Waals surface area contributed by atoms with Crippen LogP contribution in [0, 0.1) is 0 Å². The lowest BCUT2D eigenvalue weighted by atomic mass is 9.93. The van der Waals surface area contributed by atoms with Crippen molar-refractivity contribution in [3.8, 4) is 0 Å². The highest BCUT2D eigenvalue weighted by Gasteiger charge is 2.35. The van der Waals surface area contributed by atoms with E-state index in [-0.39, 0.29) is 0 Å². The third-order valence-corrected chi connectivity index (χ3v) is 9.87. The summed E-state index contributed by atoms with van der Waals surface area (Å²) in [6.45, 7) is 7.49. The topological polar surface area (TPSA) is 0 Å². The maximum atomic E-state index is 6.87. The highest BCUT2D eigenvalue weighted by molar-refractivity contribution is 6.60. The summed E-state index contributed by atoms with van der Waals surface area (Å²) < 4.78 is 0. The molecule has 0 nitrogen and oxygen atoms in total. The standard InChI is InChI=1S/C19H37ClSi/c1-19(21(2)3)17-15-13-11-9-7-5-4-6-8-10-12-14-16-18(19)20/h4,6,18,21H,5,7-17H2,1-3H3. The highest BCUT2D eigenvalue weighted by atomic mass is 35.5. The van der Waals surface area contributed by atoms with Crippen LogP contribution in [0.4, 0.5) is 0 Å². The largest absolute Gasteiger partial charge is 0.123 e. The molecule has 0 aliphatic heterocycles. The molecular formula is C19H37ClSi. The molecule has 0 N–H and O–H groups in total. The smallest absolute Gasteiger partial charge is 0.0387 e. The lowest BCUT2D eigenvalue weighted by Crippen LogP contribution is -2.33. The van der Waals surface area contributed by atoms with Gasteiger partial charge in [0.2, 0.25) is 0 Å². The Hall–Kier alpha value is 0.247. The van der Waals surface area contributed by atoms with E-state index >= 15 is 0 Å². The second-order valence-corrected chi connectivity index (χ2v) is 11.7. The van der Waals surface area contributed by atoms with Gasteiger partial charge in [-0.05, 0) is 43.6 Å². The molecular weight excluding hydrogens is 292 g/mol. The highest BCUT2D eigenvalue weighted by Crippen LogP contribution is 2.44. The van der Waals surface area contributed by atoms with Gasteiger partial charge in [0.25, 0.3) is 0 Å². The number of rotatable bonds is 1. The third kappa shape index (κ3) is 7.37. The Kier molecular flexibility index (Phi) is 10.0. The fourth-order valence-corrected chi connectivity index (χ4v) is 6.12. The van der Waals surface area contributed by atoms with Crippen molar-refractivity contribution in [2.24, 2.45) is 0 Å². The molecule has 0 amide bonds. The normalized spacial score (nSPS) is 31.4. The van der Waals surface area contributed by atoms with Crippen molar-refractivity contribution >= 4 is 20.4 Å². The van der Waals surface area contributed by atoms with Crippen LogP contribution >= 0.6 is 11.6 Å². The molecule has 1 aliphatic carbocycles. The Morgan fingerprint density at radius 3 is 2.00 bits per heavy atom. The Morgan fingerprint density at radius 1 is 0.857 bits per heavy atom. The number of allylic oxidation sites excluding steroid dienone is 2. The van der Waals surface area contributed by atoms with Crippen molar-refractivity contribution in [3.63, 3.8) is 0 Å². The van der Waals surface area contributed by atoms with Gasteiger partial charge in [-0.3, -0.25) is 0 Å². The third-order valence-electron chi connectivity index (χ3n) is 5.62. The van der Waals surface area contributed by atoms with Gasteiger partial charge in [0, 0.05) is 14.2 Å². The summed E-state index contributed by atoms with van der Waals surface area (Å²) in [5.41, 5.74) is 0. The van der Waals surface area contributed by atoms with Crippen molar-refractivity contribution < 1.29 is 0 Å². The molecule has 2 atom stereocenters. The summed E-state index contributed by atoms with van der Waals surface area (Å²) in [7, 11) is -0.714. The van der Waals surface area contributed by atoms with Crippen LogP contribution in [0.15, 0.2) is 12.2 Å². The van der Waals surface area contributed by atoms with Crippen LogP contribution in [0.5, 0.6) is 0 Å². The van der Waals surface area contributed by atoms with Crippen molar-refractivity contribution in [1.29, 1.82) is 0 Å². The summed E-state index contributed by atoms with van der Waals surface area (Å²) in [6.07, 6.45) is 21.0. The minimum Gasteiger partial charge on any atom is -0.123 e. The molecule has 2 unspecified atom stereocenters. The first-order chi connectivity index (χ1) is 10.1. The predicted molar refractivity (Wildman–Crippen MR) is 101 cm³/mol. The van der Waals surface area contributed by atoms with Crippen LogP contribution in [-0.4, -0.2) is 14.2 Å². The first-order valence-electron chi connectivity index (χ1n) is 9.36. The molecule has 1 rings (SSSR count). The molecule has 0 saturated heterocycles. The second kappa shape index (κ2) is 10.9. The average Bonchev–Trinajstić information content (AvgIpc) is 2.45. The quantitative estimate of drug-likeness (QED) is 0.274. The van der Waals surface area contributed by atoms with Gasteiger partial charge in [-0.1, -0.05) is 70.7 Å². The summed E-state index contributed by atoms with van der Waals surface area (Å²) in [6, 6.07) is 0. The van der Waals surface area contributed by atoms with Gasteiger partial charge in [0.1, 0.15) is 0 Å². The molecule has 1 aliphatic rings. The number of hydrogen-bond acceptors (Lipinski definition) is 0. The fourth-order valence-electron chi connectivity index (χ4n) is 3.43. The molecule has 0 bridgehead atoms. The van der Waals surface area contributed by atoms with E-state index in [9.17, 15) is 0 Å². The fraction of sp³-hybridized carbons (Fsp3) is 0.895. The van der Waals surface area contributed by atoms with E-state index in [1.165, 1.54) is 77.0 Å². The Bertz CT molecular complexity index is 287. The zero-order valence-corrected chi connectivity index (χ0v) is 16.6. The second-order valence-electron chi connectivity index (χ2n) is 7.54. The van der Waals surface area contributed by atoms with E-state index in [4.69, 9.17) is 11.6 Å². The van der Waals surface area contributed by atoms with Gasteiger partial charge in [-0.25, -0.2) is 0 Å². The van der Waals surface area contributed by atoms with Gasteiger partial charge in [-0.2, -0.15) is 0 Å². The molecule has 0 aromatic heterocycles. The van der Waals surface area contributed by atoms with E-state index in [2.05, 4.69) is 32.2 Å². The molecule has 0 radical (unpaired) electrons. The molecule has 21 heavy (non-hydrogen) atoms. The minimum absolute atomic E-state index is 0.410. The van der Waals surface area contributed by atoms with Gasteiger partial charge in [-0.15, -0.1) is 11.6 Å². The lowest BCUT2D eigenvalue weighted by Gasteiger charge is -2.38. The summed E-state index contributed by atoms with van der Waals surface area (Å²) in [5, 5.41) is 0.867. The Labute approximate surface area is 140 Å². The summed E-state index contributed by atoms with van der Waals surface area (Å²) >= 11 is 6.87. The van der Waals surface area contributed by atoms with Gasteiger partial charge >= 0.3 is 0 Å². The number of halogens is 1. The maximum Gasteiger partial charge on any atom is 0.0387 e. The molecule has 0 aromatic rings. The average molecular weight is 329 g/mol. The first-order valence-corrected chi connectivity index (χ1v) is 12.7. The van der Waals surface area contributed by atoms with E-state index in [0.29, 0.717) is 10.4 Å². The molecule has 0 aromatic carbocycles. The van der Waals surface area contributed by atoms with Crippen LogP contribution < -0.4 is 0 Å². The molecule has 2 heteroatoms. The monoisotopic (exact) mass is 328 g/mol. The Balaban J connectivity index is 2.53. The number of alkyl halides is 1. The van der Waals surface area contributed by atoms with Crippen molar-refractivity contribution in [3.05, 3.63) is 12.2 Å². The lowest BCUT2D eigenvalue weighted by molar-refractivity contribution is 0.448. The molecule has 124 valence electrons. The van der Waals surface area contributed by atoms with E-state index in [1.807, 2.05) is 0 Å². The molecule has 0 heterocycles. The van der Waals surface area contributed by atoms with E-state index < -0.39 is 8.80 Å². The van der Waals surface area contributed by atoms with Gasteiger partial charge in [0.15, 0.2) is 0 Å². The van der Waals surface area contributed by atoms with Crippen molar-refractivity contribution in [2.75, 3.05) is 0 Å². The van der Waals surface area contributed by atoms with Crippen molar-refractivity contribution in [1.82, 2.24) is 0 Å². The van der Waals surface area contributed by atoms with Gasteiger partial charge < -0.3 is 0 Å². The summed E-state index contributed by atoms with van der Waals surface area (Å²) in [5.74, 6) is 0. The van der Waals surface area contributed by atoms with Gasteiger partial charge in [0.05, 0.1) is 0 Å². The first kappa shape index (κ1) is 19.3.